The highest BCUT2D eigenvalue weighted by molar-refractivity contribution is 6.22. The van der Waals surface area contributed by atoms with Crippen molar-refractivity contribution in [3.63, 3.8) is 0 Å². The van der Waals surface area contributed by atoms with Crippen molar-refractivity contribution in [1.29, 1.82) is 0 Å². The van der Waals surface area contributed by atoms with Crippen LogP contribution >= 0.6 is 0 Å². The highest BCUT2D eigenvalue weighted by Gasteiger charge is 2.38. The molecule has 8 heteroatoms. The zero-order valence-electron chi connectivity index (χ0n) is 22.9. The second-order valence-electron chi connectivity index (χ2n) is 11.6. The first-order valence-electron chi connectivity index (χ1n) is 13.3. The van der Waals surface area contributed by atoms with Gasteiger partial charge in [-0.3, -0.25) is 9.59 Å². The van der Waals surface area contributed by atoms with Gasteiger partial charge in [0.25, 0.3) is 0 Å². The van der Waals surface area contributed by atoms with Gasteiger partial charge in [0.1, 0.15) is 12.6 Å². The number of aliphatic carboxylic acids is 1. The number of allylic oxidation sites excluding steroid dienone is 2. The minimum atomic E-state index is -1.33. The van der Waals surface area contributed by atoms with Crippen LogP contribution in [0, 0.1) is 11.3 Å². The quantitative estimate of drug-likeness (QED) is 0.312. The zero-order valence-corrected chi connectivity index (χ0v) is 22.9. The number of carboxylic acid groups (broad SMARTS) is 1. The van der Waals surface area contributed by atoms with Crippen LogP contribution in [0.5, 0.6) is 0 Å². The Morgan fingerprint density at radius 1 is 0.974 bits per heavy atom. The molecule has 0 aliphatic heterocycles. The minimum Gasteiger partial charge on any atom is -0.480 e. The van der Waals surface area contributed by atoms with Crippen molar-refractivity contribution in [1.82, 2.24) is 10.6 Å². The molecule has 0 saturated heterocycles. The summed E-state index contributed by atoms with van der Waals surface area (Å²) in [7, 11) is 0. The molecule has 2 aromatic carbocycles. The number of Topliss-reactive ketones (excluding diaryl/α,β-unsaturated/α-hetero) is 2. The van der Waals surface area contributed by atoms with E-state index in [-0.39, 0.29) is 55.0 Å². The molecule has 1 amide bonds. The maximum atomic E-state index is 12.9. The monoisotopic (exact) mass is 532 g/mol. The number of ketones is 2. The largest absolute Gasteiger partial charge is 0.480 e. The number of carbonyl (C=O) groups excluding carboxylic acids is 3. The maximum absolute atomic E-state index is 12.9. The van der Waals surface area contributed by atoms with Gasteiger partial charge < -0.3 is 20.5 Å². The van der Waals surface area contributed by atoms with Gasteiger partial charge in [0.2, 0.25) is 0 Å². The van der Waals surface area contributed by atoms with Crippen LogP contribution in [0.25, 0.3) is 11.1 Å². The SMILES string of the molecule is CC(C)CC(NCC(NC(=O)OCC1c2ccccc2-c2ccccc21)C(=O)O)=C1C(=O)CC(C)(C)CC1=O. The number of carbonyl (C=O) groups is 4. The van der Waals surface area contributed by atoms with Crippen LogP contribution in [0.3, 0.4) is 0 Å². The third-order valence-corrected chi connectivity index (χ3v) is 7.20. The number of rotatable bonds is 9. The Bertz CT molecular complexity index is 1260. The molecule has 1 atom stereocenters. The van der Waals surface area contributed by atoms with E-state index in [1.54, 1.807) is 0 Å². The van der Waals surface area contributed by atoms with E-state index >= 15 is 0 Å². The third kappa shape index (κ3) is 6.38. The van der Waals surface area contributed by atoms with E-state index in [0.29, 0.717) is 12.1 Å². The molecule has 1 saturated carbocycles. The van der Waals surface area contributed by atoms with Gasteiger partial charge in [-0.05, 0) is 40.0 Å². The van der Waals surface area contributed by atoms with E-state index in [2.05, 4.69) is 10.6 Å². The van der Waals surface area contributed by atoms with Gasteiger partial charge >= 0.3 is 12.1 Å². The molecule has 206 valence electrons. The number of alkyl carbamates (subject to hydrolysis) is 1. The molecule has 1 fully saturated rings. The number of fused-ring (bicyclic) bond motifs is 3. The number of nitrogens with one attached hydrogen (secondary N) is 2. The number of hydrogen-bond acceptors (Lipinski definition) is 6. The lowest BCUT2D eigenvalue weighted by atomic mass is 9.73. The Morgan fingerprint density at radius 3 is 2.03 bits per heavy atom. The number of ether oxygens (including phenoxy) is 1. The first kappa shape index (κ1) is 28.1. The van der Waals surface area contributed by atoms with E-state index in [1.807, 2.05) is 76.2 Å². The summed E-state index contributed by atoms with van der Waals surface area (Å²) in [6.07, 6.45) is 0.0515. The first-order chi connectivity index (χ1) is 18.5. The van der Waals surface area contributed by atoms with Gasteiger partial charge in [0.05, 0.1) is 5.57 Å². The number of carboxylic acids is 1. The van der Waals surface area contributed by atoms with Crippen LogP contribution in [0.15, 0.2) is 59.8 Å². The standard InChI is InChI=1S/C31H36N2O6/c1-18(2)13-24(28-26(34)14-31(3,4)15-27(28)35)32-16-25(29(36)37)33-30(38)39-17-23-21-11-7-5-9-19(21)20-10-6-8-12-22(20)23/h5-12,18,23,25,32H,13-17H2,1-4H3,(H,33,38)(H,36,37). The zero-order chi connectivity index (χ0) is 28.3. The van der Waals surface area contributed by atoms with Crippen molar-refractivity contribution in [2.24, 2.45) is 11.3 Å². The molecule has 2 aliphatic rings. The smallest absolute Gasteiger partial charge is 0.407 e. The summed E-state index contributed by atoms with van der Waals surface area (Å²) in [6, 6.07) is 14.6. The molecule has 0 radical (unpaired) electrons. The molecule has 4 rings (SSSR count). The van der Waals surface area contributed by atoms with Gasteiger partial charge in [0, 0.05) is 31.0 Å². The predicted octanol–water partition coefficient (Wildman–Crippen LogP) is 4.83. The van der Waals surface area contributed by atoms with Crippen LogP contribution in [-0.4, -0.2) is 47.9 Å². The van der Waals surface area contributed by atoms with Crippen LogP contribution in [0.4, 0.5) is 4.79 Å². The topological polar surface area (TPSA) is 122 Å². The normalized spacial score (nSPS) is 16.9. The average molecular weight is 533 g/mol. The van der Waals surface area contributed by atoms with Gasteiger partial charge in [0.15, 0.2) is 11.6 Å². The molecule has 0 bridgehead atoms. The summed E-state index contributed by atoms with van der Waals surface area (Å²) < 4.78 is 5.50. The first-order valence-corrected chi connectivity index (χ1v) is 13.3. The fraction of sp³-hybridized carbons (Fsp3) is 0.419. The van der Waals surface area contributed by atoms with Crippen molar-refractivity contribution in [2.45, 2.75) is 58.9 Å². The van der Waals surface area contributed by atoms with Crippen LogP contribution in [-0.2, 0) is 19.1 Å². The van der Waals surface area contributed by atoms with Gasteiger partial charge in [-0.1, -0.05) is 76.2 Å². The lowest BCUT2D eigenvalue weighted by Crippen LogP contribution is -2.48. The fourth-order valence-electron chi connectivity index (χ4n) is 5.48. The number of hydrogen-bond donors (Lipinski definition) is 3. The molecule has 2 aliphatic carbocycles. The van der Waals surface area contributed by atoms with Gasteiger partial charge in [-0.2, -0.15) is 0 Å². The second kappa shape index (κ2) is 11.4. The van der Waals surface area contributed by atoms with Crippen molar-refractivity contribution in [3.8, 4) is 11.1 Å². The van der Waals surface area contributed by atoms with Crippen molar-refractivity contribution < 1.29 is 29.0 Å². The Labute approximate surface area is 228 Å². The Hall–Kier alpha value is -3.94. The molecule has 0 heterocycles. The summed E-state index contributed by atoms with van der Waals surface area (Å²) in [5, 5.41) is 15.2. The highest BCUT2D eigenvalue weighted by atomic mass is 16.5. The van der Waals surface area contributed by atoms with Crippen LogP contribution in [0.2, 0.25) is 0 Å². The minimum absolute atomic E-state index is 0.0566. The van der Waals surface area contributed by atoms with E-state index in [4.69, 9.17) is 4.74 Å². The molecule has 2 aromatic rings. The van der Waals surface area contributed by atoms with E-state index in [0.717, 1.165) is 22.3 Å². The Balaban J connectivity index is 1.43. The van der Waals surface area contributed by atoms with E-state index in [9.17, 15) is 24.3 Å². The van der Waals surface area contributed by atoms with E-state index in [1.165, 1.54) is 0 Å². The summed E-state index contributed by atoms with van der Waals surface area (Å²) in [5.41, 5.74) is 4.43. The third-order valence-electron chi connectivity index (χ3n) is 7.20. The van der Waals surface area contributed by atoms with Crippen molar-refractivity contribution >= 4 is 23.6 Å². The summed E-state index contributed by atoms with van der Waals surface area (Å²) in [5.74, 6) is -1.77. The number of benzene rings is 2. The summed E-state index contributed by atoms with van der Waals surface area (Å²) in [4.78, 5) is 50.4. The molecule has 0 spiro atoms. The Kier molecular flexibility index (Phi) is 8.23. The molecule has 0 aromatic heterocycles. The average Bonchev–Trinajstić information content (AvgIpc) is 3.17. The Morgan fingerprint density at radius 2 is 1.51 bits per heavy atom. The molecule has 1 unspecified atom stereocenters. The predicted molar refractivity (Wildman–Crippen MR) is 147 cm³/mol. The van der Waals surface area contributed by atoms with Gasteiger partial charge in [-0.25, -0.2) is 9.59 Å². The molecule has 8 nitrogen and oxygen atoms in total. The van der Waals surface area contributed by atoms with Crippen LogP contribution < -0.4 is 10.6 Å². The lowest BCUT2D eigenvalue weighted by molar-refractivity contribution is -0.139. The highest BCUT2D eigenvalue weighted by Crippen LogP contribution is 2.44. The molecule has 3 N–H and O–H groups in total. The second-order valence-corrected chi connectivity index (χ2v) is 11.6. The summed E-state index contributed by atoms with van der Waals surface area (Å²) >= 11 is 0. The van der Waals surface area contributed by atoms with Crippen LogP contribution in [0.1, 0.15) is 64.0 Å². The maximum Gasteiger partial charge on any atom is 0.407 e. The number of amides is 1. The van der Waals surface area contributed by atoms with Crippen molar-refractivity contribution in [2.75, 3.05) is 13.2 Å². The van der Waals surface area contributed by atoms with E-state index < -0.39 is 23.5 Å². The summed E-state index contributed by atoms with van der Waals surface area (Å²) in [6.45, 7) is 7.53. The van der Waals surface area contributed by atoms with Crippen molar-refractivity contribution in [3.05, 3.63) is 70.9 Å². The molecular weight excluding hydrogens is 496 g/mol. The fourth-order valence-corrected chi connectivity index (χ4v) is 5.48. The van der Waals surface area contributed by atoms with Gasteiger partial charge in [-0.15, -0.1) is 0 Å². The molecule has 39 heavy (non-hydrogen) atoms. The molecular formula is C31H36N2O6. The lowest BCUT2D eigenvalue weighted by Gasteiger charge is -2.30.